The maximum Gasteiger partial charge on any atom is 0.296 e. The second kappa shape index (κ2) is 4.81. The van der Waals surface area contributed by atoms with E-state index in [0.29, 0.717) is 5.57 Å². The molecule has 0 unspecified atom stereocenters. The number of imidazole rings is 1. The van der Waals surface area contributed by atoms with E-state index >= 15 is 0 Å². The summed E-state index contributed by atoms with van der Waals surface area (Å²) in [5.41, 5.74) is 2.58. The Bertz CT molecular complexity index is 695. The van der Waals surface area contributed by atoms with Gasteiger partial charge in [-0.3, -0.25) is 10.4 Å². The molecule has 1 aromatic heterocycles. The smallest absolute Gasteiger partial charge is 0.296 e. The minimum atomic E-state index is 0. The molecular weight excluding hydrogens is 278 g/mol. The number of nitrogens with one attached hydrogen (secondary N) is 1. The van der Waals surface area contributed by atoms with Gasteiger partial charge in [-0.25, -0.2) is 15.0 Å². The third kappa shape index (κ3) is 1.76. The highest BCUT2D eigenvalue weighted by Crippen LogP contribution is 2.25. The molecule has 0 spiro atoms. The molecule has 20 heavy (non-hydrogen) atoms. The second-order valence-corrected chi connectivity index (χ2v) is 4.73. The quantitative estimate of drug-likeness (QED) is 0.400. The average Bonchev–Trinajstić information content (AvgIpc) is 2.78. The molecule has 0 amide bonds. The van der Waals surface area contributed by atoms with E-state index in [9.17, 15) is 5.11 Å². The monoisotopic (exact) mass is 293 g/mol. The fourth-order valence-electron chi connectivity index (χ4n) is 2.65. The Morgan fingerprint density at radius 2 is 2.00 bits per heavy atom. The number of fused-ring (bicyclic) bond motifs is 1. The highest BCUT2D eigenvalue weighted by molar-refractivity contribution is 6.22. The average molecular weight is 294 g/mol. The van der Waals surface area contributed by atoms with Crippen molar-refractivity contribution in [1.29, 1.82) is 5.41 Å². The van der Waals surface area contributed by atoms with Gasteiger partial charge in [0.15, 0.2) is 16.9 Å². The summed E-state index contributed by atoms with van der Waals surface area (Å²) in [4.78, 5) is 0. The molecule has 3 rings (SSSR count). The van der Waals surface area contributed by atoms with Gasteiger partial charge in [0.2, 0.25) is 0 Å². The first-order valence-electron chi connectivity index (χ1n) is 5.99. The number of aryl methyl sites for hydroxylation is 2. The van der Waals surface area contributed by atoms with E-state index in [2.05, 4.69) is 0 Å². The first kappa shape index (κ1) is 14.4. The molecule has 1 aliphatic rings. The van der Waals surface area contributed by atoms with E-state index in [0.717, 1.165) is 16.9 Å². The summed E-state index contributed by atoms with van der Waals surface area (Å²) >= 11 is 0. The largest absolute Gasteiger partial charge is 1.00 e. The molecule has 0 radical (unpaired) electrons. The highest BCUT2D eigenvalue weighted by atomic mass is 35.5. The predicted octanol–water partition coefficient (Wildman–Crippen LogP) is -2.56. The summed E-state index contributed by atoms with van der Waals surface area (Å²) in [7, 11) is 3.84. The molecule has 0 saturated heterocycles. The third-order valence-electron chi connectivity index (χ3n) is 3.60. The van der Waals surface area contributed by atoms with Crippen LogP contribution in [-0.4, -0.2) is 27.1 Å². The topological polar surface area (TPSA) is 82.2 Å². The maximum absolute atomic E-state index is 10.0. The number of aliphatic hydroxyl groups is 1. The molecule has 1 aromatic carbocycles. The van der Waals surface area contributed by atoms with E-state index in [4.69, 9.17) is 11.3 Å². The maximum atomic E-state index is 10.0. The van der Waals surface area contributed by atoms with Crippen molar-refractivity contribution >= 4 is 22.4 Å². The van der Waals surface area contributed by atoms with Crippen LogP contribution in [0.3, 0.4) is 0 Å². The highest BCUT2D eigenvalue weighted by Gasteiger charge is 2.35. The second-order valence-electron chi connectivity index (χ2n) is 4.73. The van der Waals surface area contributed by atoms with E-state index in [-0.39, 0.29) is 30.5 Å². The Hall–Kier alpha value is -2.05. The molecular formula is C13H16ClN5O. The van der Waals surface area contributed by atoms with Crippen molar-refractivity contribution in [3.63, 3.8) is 0 Å². The molecule has 1 aliphatic heterocycles. The van der Waals surface area contributed by atoms with Gasteiger partial charge >= 0.3 is 0 Å². The zero-order valence-electron chi connectivity index (χ0n) is 11.3. The van der Waals surface area contributed by atoms with Gasteiger partial charge in [-0.05, 0) is 12.1 Å². The van der Waals surface area contributed by atoms with Gasteiger partial charge in [-0.2, -0.15) is 0 Å². The van der Waals surface area contributed by atoms with Crippen molar-refractivity contribution < 1.29 is 22.1 Å². The van der Waals surface area contributed by atoms with Crippen LogP contribution in [0.15, 0.2) is 30.0 Å². The molecule has 0 atom stereocenters. The first-order valence-corrected chi connectivity index (χ1v) is 5.99. The standard InChI is InChI=1S/C13H15N5O.ClH/c1-16-8-5-3-4-6-9(8)17(2)13(16)11-10(19)7-18(15)12(11)14;/h3-6,14H,7,15H2,1-2H3;1H. The Kier molecular flexibility index (Phi) is 3.45. The normalized spacial score (nSPS) is 15.2. The van der Waals surface area contributed by atoms with Crippen molar-refractivity contribution in [3.05, 3.63) is 35.8 Å². The van der Waals surface area contributed by atoms with Gasteiger partial charge in [0.25, 0.3) is 5.82 Å². The molecule has 4 N–H and O–H groups in total. The number of aliphatic hydroxyl groups excluding tert-OH is 1. The number of para-hydroxylation sites is 2. The minimum Gasteiger partial charge on any atom is -1.00 e. The fourth-order valence-corrected chi connectivity index (χ4v) is 2.65. The number of hydrazine groups is 1. The summed E-state index contributed by atoms with van der Waals surface area (Å²) < 4.78 is 3.93. The van der Waals surface area contributed by atoms with Gasteiger partial charge in [-0.15, -0.1) is 0 Å². The van der Waals surface area contributed by atoms with Crippen LogP contribution in [0.1, 0.15) is 5.82 Å². The summed E-state index contributed by atoms with van der Waals surface area (Å²) in [6.45, 7) is 0.176. The molecule has 0 aliphatic carbocycles. The Balaban J connectivity index is 0.00000147. The molecule has 0 saturated carbocycles. The Labute approximate surface area is 122 Å². The lowest BCUT2D eigenvalue weighted by atomic mass is 10.2. The molecule has 0 fully saturated rings. The van der Waals surface area contributed by atoms with E-state index in [1.165, 1.54) is 5.01 Å². The predicted molar refractivity (Wildman–Crippen MR) is 72.3 cm³/mol. The van der Waals surface area contributed by atoms with Crippen LogP contribution in [0, 0.1) is 5.41 Å². The number of hydrogen-bond donors (Lipinski definition) is 3. The van der Waals surface area contributed by atoms with E-state index in [1.54, 1.807) is 0 Å². The van der Waals surface area contributed by atoms with Gasteiger partial charge in [0.1, 0.15) is 11.3 Å². The molecule has 106 valence electrons. The SMILES string of the molecule is Cn1c(C2=C(O)CN(N)C2=N)[n+](C)c2ccccc21.[Cl-]. The zero-order valence-corrected chi connectivity index (χ0v) is 12.0. The summed E-state index contributed by atoms with van der Waals surface area (Å²) in [5.74, 6) is 6.73. The molecule has 6 nitrogen and oxygen atoms in total. The van der Waals surface area contributed by atoms with Crippen molar-refractivity contribution in [1.82, 2.24) is 9.58 Å². The van der Waals surface area contributed by atoms with Gasteiger partial charge in [0.05, 0.1) is 20.6 Å². The lowest BCUT2D eigenvalue weighted by molar-refractivity contribution is -0.648. The Morgan fingerprint density at radius 3 is 2.55 bits per heavy atom. The van der Waals surface area contributed by atoms with Crippen molar-refractivity contribution in [2.75, 3.05) is 6.54 Å². The van der Waals surface area contributed by atoms with Crippen LogP contribution in [0.2, 0.25) is 0 Å². The summed E-state index contributed by atoms with van der Waals surface area (Å²) in [5, 5.41) is 19.3. The van der Waals surface area contributed by atoms with Crippen molar-refractivity contribution in [2.24, 2.45) is 19.9 Å². The lowest BCUT2D eigenvalue weighted by Crippen LogP contribution is -3.00. The molecule has 2 aromatic rings. The third-order valence-corrected chi connectivity index (χ3v) is 3.60. The number of amidine groups is 1. The van der Waals surface area contributed by atoms with Crippen LogP contribution in [0.25, 0.3) is 16.6 Å². The van der Waals surface area contributed by atoms with Crippen molar-refractivity contribution in [3.8, 4) is 0 Å². The number of benzene rings is 1. The number of nitrogens with zero attached hydrogens (tertiary/aromatic N) is 3. The number of rotatable bonds is 1. The number of nitrogens with two attached hydrogens (primary N) is 1. The van der Waals surface area contributed by atoms with E-state index in [1.807, 2.05) is 47.5 Å². The van der Waals surface area contributed by atoms with E-state index < -0.39 is 0 Å². The minimum absolute atomic E-state index is 0. The van der Waals surface area contributed by atoms with Crippen LogP contribution in [0.5, 0.6) is 0 Å². The number of halogens is 1. The summed E-state index contributed by atoms with van der Waals surface area (Å²) in [6, 6.07) is 7.95. The Morgan fingerprint density at radius 1 is 1.35 bits per heavy atom. The molecule has 0 bridgehead atoms. The van der Waals surface area contributed by atoms with Gasteiger partial charge < -0.3 is 17.5 Å². The molecule has 7 heteroatoms. The van der Waals surface area contributed by atoms with Crippen LogP contribution >= 0.6 is 0 Å². The number of hydrogen-bond acceptors (Lipinski definition) is 3. The summed E-state index contributed by atoms with van der Waals surface area (Å²) in [6.07, 6.45) is 0. The van der Waals surface area contributed by atoms with Crippen LogP contribution in [-0.2, 0) is 14.1 Å². The molecule has 2 heterocycles. The zero-order chi connectivity index (χ0) is 13.7. The van der Waals surface area contributed by atoms with Crippen LogP contribution < -0.4 is 22.8 Å². The van der Waals surface area contributed by atoms with Crippen LogP contribution in [0.4, 0.5) is 0 Å². The van der Waals surface area contributed by atoms with Gasteiger partial charge in [-0.1, -0.05) is 12.1 Å². The van der Waals surface area contributed by atoms with Gasteiger partial charge in [0, 0.05) is 0 Å². The first-order chi connectivity index (χ1) is 9.02. The number of aromatic nitrogens is 2. The fraction of sp³-hybridized carbons (Fsp3) is 0.231. The van der Waals surface area contributed by atoms with Crippen molar-refractivity contribution in [2.45, 2.75) is 0 Å². The lowest BCUT2D eigenvalue weighted by Gasteiger charge is -2.09.